The van der Waals surface area contributed by atoms with E-state index in [4.69, 9.17) is 10.5 Å². The molecule has 0 aliphatic heterocycles. The van der Waals surface area contributed by atoms with Crippen molar-refractivity contribution in [3.05, 3.63) is 53.1 Å². The molecular weight excluding hydrogens is 262 g/mol. The van der Waals surface area contributed by atoms with Gasteiger partial charge in [-0.3, -0.25) is 0 Å². The topological polar surface area (TPSA) is 76.6 Å². The van der Waals surface area contributed by atoms with Gasteiger partial charge in [0.25, 0.3) is 0 Å². The molecule has 2 aromatic rings. The van der Waals surface area contributed by atoms with Gasteiger partial charge in [-0.25, -0.2) is 9.97 Å². The smallest absolute Gasteiger partial charge is 0.177 e. The Morgan fingerprint density at radius 2 is 1.67 bits per heavy atom. The van der Waals surface area contributed by atoms with Crippen molar-refractivity contribution in [1.82, 2.24) is 9.97 Å². The molecule has 0 aliphatic carbocycles. The van der Waals surface area contributed by atoms with E-state index in [-0.39, 0.29) is 11.4 Å². The van der Waals surface area contributed by atoms with Gasteiger partial charge in [0, 0.05) is 19.8 Å². The average Bonchev–Trinajstić information content (AvgIpc) is 2.52. The van der Waals surface area contributed by atoms with Gasteiger partial charge in [0.2, 0.25) is 0 Å². The molecule has 5 nitrogen and oxygen atoms in total. The van der Waals surface area contributed by atoms with Gasteiger partial charge in [-0.1, -0.05) is 18.2 Å². The minimum Gasteiger partial charge on any atom is -0.378 e. The predicted molar refractivity (Wildman–Crippen MR) is 81.2 cm³/mol. The number of anilines is 1. The van der Waals surface area contributed by atoms with E-state index >= 15 is 0 Å². The van der Waals surface area contributed by atoms with Crippen molar-refractivity contribution in [2.75, 3.05) is 19.0 Å². The third-order valence-electron chi connectivity index (χ3n) is 2.86. The van der Waals surface area contributed by atoms with Crippen LogP contribution in [0.25, 0.3) is 12.2 Å². The normalized spacial score (nSPS) is 10.1. The van der Waals surface area contributed by atoms with E-state index in [1.807, 2.05) is 61.5 Å². The van der Waals surface area contributed by atoms with Gasteiger partial charge in [-0.15, -0.1) is 0 Å². The highest BCUT2D eigenvalue weighted by Crippen LogP contribution is 2.14. The summed E-state index contributed by atoms with van der Waals surface area (Å²) in [4.78, 5) is 10.0. The Labute approximate surface area is 123 Å². The Hall–Kier alpha value is -3.18. The van der Waals surface area contributed by atoms with Gasteiger partial charge in [-0.05, 0) is 23.8 Å². The first kappa shape index (κ1) is 14.2. The third kappa shape index (κ3) is 3.43. The molecule has 102 valence electrons. The van der Waals surface area contributed by atoms with Crippen molar-refractivity contribution < 1.29 is 0 Å². The molecule has 1 heterocycles. The Bertz CT molecular complexity index is 746. The van der Waals surface area contributed by atoms with Crippen LogP contribution >= 0.6 is 0 Å². The molecular formula is C16H13N5. The molecule has 1 aromatic carbocycles. The first-order valence-corrected chi connectivity index (χ1v) is 6.26. The zero-order chi connectivity index (χ0) is 15.2. The lowest BCUT2D eigenvalue weighted by Crippen LogP contribution is -2.07. The SMILES string of the molecule is CN(C)c1ccc(C=Cc2cnc(C#N)c(C#N)n2)cc1. The van der Waals surface area contributed by atoms with Crippen LogP contribution in [0, 0.1) is 22.7 Å². The van der Waals surface area contributed by atoms with Crippen molar-refractivity contribution in [3.63, 3.8) is 0 Å². The molecule has 0 N–H and O–H groups in total. The summed E-state index contributed by atoms with van der Waals surface area (Å²) in [6.45, 7) is 0. The Balaban J connectivity index is 2.22. The summed E-state index contributed by atoms with van der Waals surface area (Å²) >= 11 is 0. The lowest BCUT2D eigenvalue weighted by Gasteiger charge is -2.11. The number of aromatic nitrogens is 2. The van der Waals surface area contributed by atoms with Crippen LogP contribution in [0.5, 0.6) is 0 Å². The molecule has 5 heteroatoms. The Morgan fingerprint density at radius 3 is 2.24 bits per heavy atom. The molecule has 0 saturated carbocycles. The second-order valence-corrected chi connectivity index (χ2v) is 4.53. The number of rotatable bonds is 3. The van der Waals surface area contributed by atoms with E-state index in [1.54, 1.807) is 6.08 Å². The van der Waals surface area contributed by atoms with Crippen molar-refractivity contribution >= 4 is 17.8 Å². The standard InChI is InChI=1S/C16H13N5/c1-21(2)14-7-4-12(5-8-14)3-6-13-11-19-15(9-17)16(10-18)20-13/h3-8,11H,1-2H3. The average molecular weight is 275 g/mol. The lowest BCUT2D eigenvalue weighted by molar-refractivity contribution is 1.11. The number of nitrogens with zero attached hydrogens (tertiary/aromatic N) is 5. The molecule has 0 spiro atoms. The lowest BCUT2D eigenvalue weighted by atomic mass is 10.2. The van der Waals surface area contributed by atoms with E-state index in [1.165, 1.54) is 6.20 Å². The molecule has 0 radical (unpaired) electrons. The Kier molecular flexibility index (Phi) is 4.28. The van der Waals surface area contributed by atoms with Crippen LogP contribution in [-0.4, -0.2) is 24.1 Å². The maximum atomic E-state index is 8.91. The highest BCUT2D eigenvalue weighted by molar-refractivity contribution is 5.69. The molecule has 0 saturated heterocycles. The highest BCUT2D eigenvalue weighted by Gasteiger charge is 2.04. The summed E-state index contributed by atoms with van der Waals surface area (Å²) in [5.41, 5.74) is 2.78. The van der Waals surface area contributed by atoms with Crippen molar-refractivity contribution in [3.8, 4) is 12.1 Å². The summed E-state index contributed by atoms with van der Waals surface area (Å²) in [7, 11) is 3.97. The summed E-state index contributed by atoms with van der Waals surface area (Å²) < 4.78 is 0. The van der Waals surface area contributed by atoms with Crippen molar-refractivity contribution in [2.45, 2.75) is 0 Å². The van der Waals surface area contributed by atoms with E-state index < -0.39 is 0 Å². The van der Waals surface area contributed by atoms with Crippen LogP contribution in [0.4, 0.5) is 5.69 Å². The molecule has 21 heavy (non-hydrogen) atoms. The third-order valence-corrected chi connectivity index (χ3v) is 2.86. The molecule has 0 amide bonds. The number of hydrogen-bond acceptors (Lipinski definition) is 5. The van der Waals surface area contributed by atoms with Crippen LogP contribution < -0.4 is 4.90 Å². The van der Waals surface area contributed by atoms with E-state index in [2.05, 4.69) is 9.97 Å². The number of hydrogen-bond donors (Lipinski definition) is 0. The van der Waals surface area contributed by atoms with Gasteiger partial charge in [0.1, 0.15) is 12.1 Å². The zero-order valence-corrected chi connectivity index (χ0v) is 11.8. The van der Waals surface area contributed by atoms with Crippen LogP contribution in [0.15, 0.2) is 30.5 Å². The van der Waals surface area contributed by atoms with Crippen LogP contribution in [0.3, 0.4) is 0 Å². The van der Waals surface area contributed by atoms with Crippen LogP contribution in [-0.2, 0) is 0 Å². The fourth-order valence-corrected chi connectivity index (χ4v) is 1.71. The van der Waals surface area contributed by atoms with E-state index in [0.717, 1.165) is 11.3 Å². The first-order valence-electron chi connectivity index (χ1n) is 6.26. The minimum atomic E-state index is 0.0441. The molecule has 0 unspecified atom stereocenters. The van der Waals surface area contributed by atoms with E-state index in [0.29, 0.717) is 5.69 Å². The second kappa shape index (κ2) is 6.31. The quantitative estimate of drug-likeness (QED) is 0.860. The fourth-order valence-electron chi connectivity index (χ4n) is 1.71. The summed E-state index contributed by atoms with van der Waals surface area (Å²) in [6, 6.07) is 11.7. The summed E-state index contributed by atoms with van der Waals surface area (Å²) in [5.74, 6) is 0. The first-order chi connectivity index (χ1) is 10.1. The Morgan fingerprint density at radius 1 is 1.00 bits per heavy atom. The molecule has 1 aromatic heterocycles. The van der Waals surface area contributed by atoms with Crippen LogP contribution in [0.2, 0.25) is 0 Å². The van der Waals surface area contributed by atoms with Crippen LogP contribution in [0.1, 0.15) is 22.6 Å². The molecule has 2 rings (SSSR count). The summed E-state index contributed by atoms with van der Waals surface area (Å²) in [6.07, 6.45) is 5.13. The molecule has 0 atom stereocenters. The largest absolute Gasteiger partial charge is 0.378 e. The van der Waals surface area contributed by atoms with E-state index in [9.17, 15) is 0 Å². The fraction of sp³-hybridized carbons (Fsp3) is 0.125. The zero-order valence-electron chi connectivity index (χ0n) is 11.8. The molecule has 0 aliphatic rings. The minimum absolute atomic E-state index is 0.0441. The number of benzene rings is 1. The maximum Gasteiger partial charge on any atom is 0.177 e. The van der Waals surface area contributed by atoms with Crippen molar-refractivity contribution in [1.29, 1.82) is 10.5 Å². The van der Waals surface area contributed by atoms with Crippen molar-refractivity contribution in [2.24, 2.45) is 0 Å². The maximum absolute atomic E-state index is 8.91. The van der Waals surface area contributed by atoms with Gasteiger partial charge >= 0.3 is 0 Å². The second-order valence-electron chi connectivity index (χ2n) is 4.53. The summed E-state index contributed by atoms with van der Waals surface area (Å²) in [5, 5.41) is 17.7. The van der Waals surface area contributed by atoms with Gasteiger partial charge in [0.15, 0.2) is 11.4 Å². The van der Waals surface area contributed by atoms with Gasteiger partial charge < -0.3 is 4.90 Å². The predicted octanol–water partition coefficient (Wildman–Crippen LogP) is 2.46. The van der Waals surface area contributed by atoms with Gasteiger partial charge in [-0.2, -0.15) is 10.5 Å². The number of nitriles is 2. The highest BCUT2D eigenvalue weighted by atomic mass is 15.1. The monoisotopic (exact) mass is 275 g/mol. The molecule has 0 fully saturated rings. The van der Waals surface area contributed by atoms with Gasteiger partial charge in [0.05, 0.1) is 11.9 Å². The molecule has 0 bridgehead atoms.